The molecule has 0 aliphatic heterocycles. The molecule has 0 aromatic heterocycles. The molecule has 1 N–H and O–H groups in total. The van der Waals surface area contributed by atoms with E-state index in [0.717, 1.165) is 32.5 Å². The summed E-state index contributed by atoms with van der Waals surface area (Å²) in [4.78, 5) is 2.49. The Labute approximate surface area is 139 Å². The lowest BCUT2D eigenvalue weighted by molar-refractivity contribution is 0.0428. The van der Waals surface area contributed by atoms with Gasteiger partial charge in [0.1, 0.15) is 0 Å². The second-order valence-corrected chi connectivity index (χ2v) is 6.75. The van der Waals surface area contributed by atoms with Crippen LogP contribution in [-0.4, -0.2) is 22.7 Å². The molecule has 1 aliphatic rings. The molecule has 1 unspecified atom stereocenters. The zero-order valence-electron chi connectivity index (χ0n) is 13.8. The van der Waals surface area contributed by atoms with E-state index >= 15 is 0 Å². The SMILES string of the molecule is OC1CCCC[C@H]1CN(Cc1ccccc1)Cc1ccccc1. The van der Waals surface area contributed by atoms with E-state index in [2.05, 4.69) is 65.6 Å². The maximum Gasteiger partial charge on any atom is 0.0580 e. The number of benzene rings is 2. The van der Waals surface area contributed by atoms with Crippen LogP contribution < -0.4 is 0 Å². The van der Waals surface area contributed by atoms with Gasteiger partial charge >= 0.3 is 0 Å². The number of aliphatic hydroxyl groups is 1. The van der Waals surface area contributed by atoms with E-state index in [9.17, 15) is 5.11 Å². The smallest absolute Gasteiger partial charge is 0.0580 e. The van der Waals surface area contributed by atoms with Crippen LogP contribution in [0.4, 0.5) is 0 Å². The van der Waals surface area contributed by atoms with E-state index in [4.69, 9.17) is 0 Å². The monoisotopic (exact) mass is 309 g/mol. The Morgan fingerprint density at radius 3 is 1.83 bits per heavy atom. The Morgan fingerprint density at radius 1 is 0.783 bits per heavy atom. The highest BCUT2D eigenvalue weighted by Crippen LogP contribution is 2.26. The number of rotatable bonds is 6. The molecule has 1 aliphatic carbocycles. The van der Waals surface area contributed by atoms with Gasteiger partial charge in [-0.25, -0.2) is 0 Å². The van der Waals surface area contributed by atoms with E-state index in [-0.39, 0.29) is 6.10 Å². The molecule has 0 saturated heterocycles. The largest absolute Gasteiger partial charge is 0.393 e. The Bertz CT molecular complexity index is 527. The van der Waals surface area contributed by atoms with Crippen LogP contribution in [0.3, 0.4) is 0 Å². The molecule has 2 atom stereocenters. The second-order valence-electron chi connectivity index (χ2n) is 6.75. The first-order valence-electron chi connectivity index (χ1n) is 8.79. The molecular weight excluding hydrogens is 282 g/mol. The van der Waals surface area contributed by atoms with Crippen molar-refractivity contribution in [2.24, 2.45) is 5.92 Å². The number of hydrogen-bond donors (Lipinski definition) is 1. The summed E-state index contributed by atoms with van der Waals surface area (Å²) in [6.45, 7) is 2.86. The standard InChI is InChI=1S/C21H27NO/c23-21-14-8-7-13-20(21)17-22(15-18-9-3-1-4-10-18)16-19-11-5-2-6-12-19/h1-6,9-12,20-21,23H,7-8,13-17H2/t20-,21?/m0/s1. The van der Waals surface area contributed by atoms with Gasteiger partial charge in [0.05, 0.1) is 6.10 Å². The predicted octanol–water partition coefficient (Wildman–Crippen LogP) is 4.24. The molecule has 2 nitrogen and oxygen atoms in total. The Kier molecular flexibility index (Phi) is 5.84. The van der Waals surface area contributed by atoms with Crippen molar-refractivity contribution in [2.75, 3.05) is 6.54 Å². The summed E-state index contributed by atoms with van der Waals surface area (Å²) in [6.07, 6.45) is 4.43. The van der Waals surface area contributed by atoms with Crippen molar-refractivity contribution in [3.8, 4) is 0 Å². The molecule has 0 radical (unpaired) electrons. The van der Waals surface area contributed by atoms with Gasteiger partial charge in [-0.15, -0.1) is 0 Å². The van der Waals surface area contributed by atoms with Crippen LogP contribution >= 0.6 is 0 Å². The maximum atomic E-state index is 10.3. The molecule has 0 bridgehead atoms. The summed E-state index contributed by atoms with van der Waals surface area (Å²) in [6, 6.07) is 21.3. The second kappa shape index (κ2) is 8.28. The Hall–Kier alpha value is -1.64. The van der Waals surface area contributed by atoms with E-state index in [1.165, 1.54) is 24.0 Å². The summed E-state index contributed by atoms with van der Waals surface area (Å²) < 4.78 is 0. The van der Waals surface area contributed by atoms with Crippen molar-refractivity contribution in [1.29, 1.82) is 0 Å². The first kappa shape index (κ1) is 16.2. The minimum Gasteiger partial charge on any atom is -0.393 e. The average Bonchev–Trinajstić information content (AvgIpc) is 2.59. The lowest BCUT2D eigenvalue weighted by Crippen LogP contribution is -2.36. The summed E-state index contributed by atoms with van der Waals surface area (Å²) in [7, 11) is 0. The highest BCUT2D eigenvalue weighted by Gasteiger charge is 2.25. The summed E-state index contributed by atoms with van der Waals surface area (Å²) >= 11 is 0. The number of hydrogen-bond acceptors (Lipinski definition) is 2. The van der Waals surface area contributed by atoms with Gasteiger partial charge in [0.15, 0.2) is 0 Å². The quantitative estimate of drug-likeness (QED) is 0.862. The van der Waals surface area contributed by atoms with Crippen LogP contribution in [0.2, 0.25) is 0 Å². The first-order chi connectivity index (χ1) is 11.3. The molecule has 23 heavy (non-hydrogen) atoms. The zero-order valence-corrected chi connectivity index (χ0v) is 13.8. The van der Waals surface area contributed by atoms with Crippen LogP contribution in [0.25, 0.3) is 0 Å². The maximum absolute atomic E-state index is 10.3. The van der Waals surface area contributed by atoms with Gasteiger partial charge in [-0.3, -0.25) is 4.90 Å². The Balaban J connectivity index is 1.69. The van der Waals surface area contributed by atoms with E-state index in [1.54, 1.807) is 0 Å². The molecule has 122 valence electrons. The van der Waals surface area contributed by atoms with Crippen molar-refractivity contribution in [2.45, 2.75) is 44.9 Å². The minimum atomic E-state index is -0.127. The van der Waals surface area contributed by atoms with Gasteiger partial charge < -0.3 is 5.11 Å². The average molecular weight is 309 g/mol. The topological polar surface area (TPSA) is 23.5 Å². The molecule has 0 spiro atoms. The molecule has 3 rings (SSSR count). The fourth-order valence-electron chi connectivity index (χ4n) is 3.60. The molecule has 1 fully saturated rings. The van der Waals surface area contributed by atoms with Crippen molar-refractivity contribution < 1.29 is 5.11 Å². The summed E-state index contributed by atoms with van der Waals surface area (Å²) in [5.41, 5.74) is 2.68. The molecule has 0 heterocycles. The first-order valence-corrected chi connectivity index (χ1v) is 8.79. The zero-order chi connectivity index (χ0) is 15.9. The van der Waals surface area contributed by atoms with Crippen molar-refractivity contribution in [3.05, 3.63) is 71.8 Å². The minimum absolute atomic E-state index is 0.127. The van der Waals surface area contributed by atoms with Crippen LogP contribution in [0.1, 0.15) is 36.8 Å². The number of nitrogens with zero attached hydrogens (tertiary/aromatic N) is 1. The van der Waals surface area contributed by atoms with Gasteiger partial charge in [0.2, 0.25) is 0 Å². The highest BCUT2D eigenvalue weighted by molar-refractivity contribution is 5.17. The Morgan fingerprint density at radius 2 is 1.30 bits per heavy atom. The summed E-state index contributed by atoms with van der Waals surface area (Å²) in [5, 5.41) is 10.3. The van der Waals surface area contributed by atoms with Crippen LogP contribution in [0, 0.1) is 5.92 Å². The molecular formula is C21H27NO. The van der Waals surface area contributed by atoms with Crippen LogP contribution in [0.15, 0.2) is 60.7 Å². The lowest BCUT2D eigenvalue weighted by Gasteiger charge is -2.33. The third-order valence-electron chi connectivity index (χ3n) is 4.86. The van der Waals surface area contributed by atoms with Crippen LogP contribution in [-0.2, 0) is 13.1 Å². The summed E-state index contributed by atoms with van der Waals surface area (Å²) in [5.74, 6) is 0.413. The predicted molar refractivity (Wildman–Crippen MR) is 95.0 cm³/mol. The molecule has 2 aromatic carbocycles. The van der Waals surface area contributed by atoms with Crippen molar-refractivity contribution in [1.82, 2.24) is 4.90 Å². The lowest BCUT2D eigenvalue weighted by atomic mass is 9.86. The van der Waals surface area contributed by atoms with E-state index in [0.29, 0.717) is 5.92 Å². The molecule has 2 heteroatoms. The van der Waals surface area contributed by atoms with Gasteiger partial charge in [0, 0.05) is 19.6 Å². The van der Waals surface area contributed by atoms with Gasteiger partial charge in [-0.1, -0.05) is 73.5 Å². The van der Waals surface area contributed by atoms with Gasteiger partial charge in [-0.05, 0) is 29.9 Å². The van der Waals surface area contributed by atoms with Gasteiger partial charge in [-0.2, -0.15) is 0 Å². The third kappa shape index (κ3) is 4.92. The third-order valence-corrected chi connectivity index (χ3v) is 4.86. The number of aliphatic hydroxyl groups excluding tert-OH is 1. The molecule has 1 saturated carbocycles. The fourth-order valence-corrected chi connectivity index (χ4v) is 3.60. The molecule has 0 amide bonds. The van der Waals surface area contributed by atoms with Gasteiger partial charge in [0.25, 0.3) is 0 Å². The fraction of sp³-hybridized carbons (Fsp3) is 0.429. The van der Waals surface area contributed by atoms with E-state index in [1.807, 2.05) is 0 Å². The normalized spacial score (nSPS) is 21.5. The highest BCUT2D eigenvalue weighted by atomic mass is 16.3. The van der Waals surface area contributed by atoms with E-state index < -0.39 is 0 Å². The van der Waals surface area contributed by atoms with Crippen molar-refractivity contribution in [3.63, 3.8) is 0 Å². The molecule has 2 aromatic rings. The van der Waals surface area contributed by atoms with Crippen LogP contribution in [0.5, 0.6) is 0 Å². The van der Waals surface area contributed by atoms with Crippen molar-refractivity contribution >= 4 is 0 Å².